The highest BCUT2D eigenvalue weighted by molar-refractivity contribution is 5.95. The molecule has 0 fully saturated rings. The second-order valence-electron chi connectivity index (χ2n) is 4.83. The van der Waals surface area contributed by atoms with Gasteiger partial charge in [-0.25, -0.2) is 4.39 Å². The fraction of sp³-hybridized carbons (Fsp3) is 0.176. The summed E-state index contributed by atoms with van der Waals surface area (Å²) in [6.45, 7) is 0. The van der Waals surface area contributed by atoms with E-state index in [9.17, 15) is 14.0 Å². The minimum absolute atomic E-state index is 0.128. The van der Waals surface area contributed by atoms with Crippen molar-refractivity contribution >= 4 is 17.5 Å². The van der Waals surface area contributed by atoms with Crippen molar-refractivity contribution in [2.75, 3.05) is 12.4 Å². The van der Waals surface area contributed by atoms with Crippen molar-refractivity contribution in [2.45, 2.75) is 12.8 Å². The number of nitrogens with one attached hydrogen (secondary N) is 2. The predicted molar refractivity (Wildman–Crippen MR) is 83.2 cm³/mol. The van der Waals surface area contributed by atoms with Crippen molar-refractivity contribution in [1.29, 1.82) is 0 Å². The molecule has 2 rings (SSSR count). The van der Waals surface area contributed by atoms with Gasteiger partial charge in [-0.05, 0) is 48.4 Å². The normalized spacial score (nSPS) is 10.1. The van der Waals surface area contributed by atoms with Crippen molar-refractivity contribution < 1.29 is 14.0 Å². The molecule has 22 heavy (non-hydrogen) atoms. The Hall–Kier alpha value is -2.69. The number of aryl methyl sites for hydroxylation is 1. The van der Waals surface area contributed by atoms with E-state index in [0.29, 0.717) is 24.1 Å². The number of hydrogen-bond acceptors (Lipinski definition) is 2. The average Bonchev–Trinajstić information content (AvgIpc) is 2.54. The maximum atomic E-state index is 12.8. The van der Waals surface area contributed by atoms with Crippen LogP contribution in [0.25, 0.3) is 0 Å². The molecule has 0 spiro atoms. The zero-order valence-corrected chi connectivity index (χ0v) is 12.2. The maximum Gasteiger partial charge on any atom is 0.251 e. The SMILES string of the molecule is CNC(=O)c1ccc(NC(=O)CCc2ccc(F)cc2)cc1. The molecule has 0 aliphatic rings. The highest BCUT2D eigenvalue weighted by Gasteiger charge is 2.05. The summed E-state index contributed by atoms with van der Waals surface area (Å²) < 4.78 is 12.8. The molecule has 0 aromatic heterocycles. The van der Waals surface area contributed by atoms with Gasteiger partial charge in [-0.3, -0.25) is 9.59 Å². The molecular weight excluding hydrogens is 283 g/mol. The Bertz CT molecular complexity index is 651. The third-order valence-electron chi connectivity index (χ3n) is 3.21. The third-order valence-corrected chi connectivity index (χ3v) is 3.21. The first-order valence-corrected chi connectivity index (χ1v) is 6.95. The van der Waals surface area contributed by atoms with Gasteiger partial charge in [0.25, 0.3) is 5.91 Å². The van der Waals surface area contributed by atoms with Crippen molar-refractivity contribution in [1.82, 2.24) is 5.32 Å². The van der Waals surface area contributed by atoms with Gasteiger partial charge in [0, 0.05) is 24.7 Å². The lowest BCUT2D eigenvalue weighted by atomic mass is 10.1. The quantitative estimate of drug-likeness (QED) is 0.892. The molecule has 2 N–H and O–H groups in total. The van der Waals surface area contributed by atoms with Gasteiger partial charge in [-0.15, -0.1) is 0 Å². The van der Waals surface area contributed by atoms with Crippen molar-refractivity contribution in [2.24, 2.45) is 0 Å². The molecule has 0 aliphatic carbocycles. The maximum absolute atomic E-state index is 12.8. The van der Waals surface area contributed by atoms with E-state index in [1.807, 2.05) is 0 Å². The van der Waals surface area contributed by atoms with E-state index < -0.39 is 0 Å². The van der Waals surface area contributed by atoms with Crippen LogP contribution in [-0.4, -0.2) is 18.9 Å². The molecular formula is C17H17FN2O2. The van der Waals surface area contributed by atoms with Gasteiger partial charge in [0.2, 0.25) is 5.91 Å². The molecule has 0 saturated heterocycles. The van der Waals surface area contributed by atoms with Crippen molar-refractivity contribution in [3.05, 3.63) is 65.5 Å². The summed E-state index contributed by atoms with van der Waals surface area (Å²) in [5, 5.41) is 5.29. The molecule has 5 heteroatoms. The van der Waals surface area contributed by atoms with E-state index in [0.717, 1.165) is 5.56 Å². The van der Waals surface area contributed by atoms with Gasteiger partial charge in [0.05, 0.1) is 0 Å². The highest BCUT2D eigenvalue weighted by Crippen LogP contribution is 2.11. The summed E-state index contributed by atoms with van der Waals surface area (Å²) in [4.78, 5) is 23.3. The number of carbonyl (C=O) groups excluding carboxylic acids is 2. The van der Waals surface area contributed by atoms with Crippen LogP contribution in [-0.2, 0) is 11.2 Å². The third kappa shape index (κ3) is 4.41. The summed E-state index contributed by atoms with van der Waals surface area (Å²) in [6.07, 6.45) is 0.852. The van der Waals surface area contributed by atoms with Gasteiger partial charge >= 0.3 is 0 Å². The molecule has 0 aliphatic heterocycles. The Morgan fingerprint density at radius 2 is 1.64 bits per heavy atom. The average molecular weight is 300 g/mol. The topological polar surface area (TPSA) is 58.2 Å². The first-order valence-electron chi connectivity index (χ1n) is 6.95. The number of rotatable bonds is 5. The smallest absolute Gasteiger partial charge is 0.251 e. The Morgan fingerprint density at radius 1 is 1.00 bits per heavy atom. The molecule has 2 aromatic carbocycles. The fourth-order valence-electron chi connectivity index (χ4n) is 1.98. The van der Waals surface area contributed by atoms with E-state index >= 15 is 0 Å². The van der Waals surface area contributed by atoms with Gasteiger partial charge in [0.15, 0.2) is 0 Å². The molecule has 0 unspecified atom stereocenters. The second-order valence-corrected chi connectivity index (χ2v) is 4.83. The molecule has 114 valence electrons. The van der Waals surface area contributed by atoms with E-state index in [1.54, 1.807) is 43.4 Å². The second kappa shape index (κ2) is 7.36. The van der Waals surface area contributed by atoms with Crippen LogP contribution in [0.3, 0.4) is 0 Å². The number of halogens is 1. The van der Waals surface area contributed by atoms with Crippen LogP contribution >= 0.6 is 0 Å². The molecule has 0 heterocycles. The molecule has 0 radical (unpaired) electrons. The molecule has 4 nitrogen and oxygen atoms in total. The highest BCUT2D eigenvalue weighted by atomic mass is 19.1. The first kappa shape index (κ1) is 15.7. The number of amides is 2. The van der Waals surface area contributed by atoms with Gasteiger partial charge < -0.3 is 10.6 Å². The summed E-state index contributed by atoms with van der Waals surface area (Å²) in [5.74, 6) is -0.587. The number of hydrogen-bond donors (Lipinski definition) is 2. The van der Waals surface area contributed by atoms with E-state index in [4.69, 9.17) is 0 Å². The van der Waals surface area contributed by atoms with Crippen LogP contribution < -0.4 is 10.6 Å². The lowest BCUT2D eigenvalue weighted by Gasteiger charge is -2.06. The van der Waals surface area contributed by atoms with E-state index in [1.165, 1.54) is 12.1 Å². The predicted octanol–water partition coefficient (Wildman–Crippen LogP) is 2.76. The van der Waals surface area contributed by atoms with Crippen molar-refractivity contribution in [3.8, 4) is 0 Å². The number of anilines is 1. The zero-order valence-electron chi connectivity index (χ0n) is 12.2. The summed E-state index contributed by atoms with van der Waals surface area (Å²) in [6, 6.07) is 12.8. The van der Waals surface area contributed by atoms with Gasteiger partial charge in [0.1, 0.15) is 5.82 Å². The molecule has 0 bridgehead atoms. The van der Waals surface area contributed by atoms with Crippen molar-refractivity contribution in [3.63, 3.8) is 0 Å². The first-order chi connectivity index (χ1) is 10.6. The monoisotopic (exact) mass is 300 g/mol. The molecule has 0 saturated carbocycles. The Kier molecular flexibility index (Phi) is 5.25. The lowest BCUT2D eigenvalue weighted by molar-refractivity contribution is -0.116. The minimum atomic E-state index is -0.288. The Labute approximate surface area is 128 Å². The largest absolute Gasteiger partial charge is 0.355 e. The van der Waals surface area contributed by atoms with Gasteiger partial charge in [-0.2, -0.15) is 0 Å². The van der Waals surface area contributed by atoms with E-state index in [2.05, 4.69) is 10.6 Å². The zero-order chi connectivity index (χ0) is 15.9. The summed E-state index contributed by atoms with van der Waals surface area (Å²) >= 11 is 0. The number of benzene rings is 2. The van der Waals surface area contributed by atoms with Crippen LogP contribution in [0, 0.1) is 5.82 Å². The Balaban J connectivity index is 1.86. The molecule has 2 amide bonds. The lowest BCUT2D eigenvalue weighted by Crippen LogP contribution is -2.18. The van der Waals surface area contributed by atoms with Gasteiger partial charge in [-0.1, -0.05) is 12.1 Å². The standard InChI is InChI=1S/C17H17FN2O2/c1-19-17(22)13-5-9-15(10-6-13)20-16(21)11-4-12-2-7-14(18)8-3-12/h2-3,5-10H,4,11H2,1H3,(H,19,22)(H,20,21). The number of carbonyl (C=O) groups is 2. The van der Waals surface area contributed by atoms with Crippen LogP contribution in [0.15, 0.2) is 48.5 Å². The molecule has 2 aromatic rings. The fourth-order valence-corrected chi connectivity index (χ4v) is 1.98. The van der Waals surface area contributed by atoms with Crippen LogP contribution in [0.1, 0.15) is 22.3 Å². The minimum Gasteiger partial charge on any atom is -0.355 e. The Morgan fingerprint density at radius 3 is 2.23 bits per heavy atom. The summed E-state index contributed by atoms with van der Waals surface area (Å²) in [5.41, 5.74) is 2.08. The van der Waals surface area contributed by atoms with E-state index in [-0.39, 0.29) is 17.6 Å². The van der Waals surface area contributed by atoms with Crippen LogP contribution in [0.2, 0.25) is 0 Å². The molecule has 0 atom stereocenters. The summed E-state index contributed by atoms with van der Waals surface area (Å²) in [7, 11) is 1.56. The van der Waals surface area contributed by atoms with Crippen LogP contribution in [0.5, 0.6) is 0 Å². The van der Waals surface area contributed by atoms with Crippen LogP contribution in [0.4, 0.5) is 10.1 Å².